The standard InChI is InChI=1S/C13H19F3N2O3/c1-8(2)12(21)5-18(6-12)11(20)9-3-10(19)17(4-9)7-13(14,15)16/h8-9,21H,3-7H2,1-2H3. The molecule has 2 amide bonds. The summed E-state index contributed by atoms with van der Waals surface area (Å²) in [5.41, 5.74) is -0.927. The molecule has 21 heavy (non-hydrogen) atoms. The van der Waals surface area contributed by atoms with Crippen LogP contribution in [0.3, 0.4) is 0 Å². The van der Waals surface area contributed by atoms with E-state index >= 15 is 0 Å². The highest BCUT2D eigenvalue weighted by molar-refractivity contribution is 5.89. The molecular formula is C13H19F3N2O3. The van der Waals surface area contributed by atoms with Crippen molar-refractivity contribution in [3.05, 3.63) is 0 Å². The maximum atomic E-state index is 12.3. The summed E-state index contributed by atoms with van der Waals surface area (Å²) >= 11 is 0. The molecule has 0 bridgehead atoms. The van der Waals surface area contributed by atoms with E-state index in [0.717, 1.165) is 0 Å². The lowest BCUT2D eigenvalue weighted by molar-refractivity contribution is -0.168. The zero-order chi connectivity index (χ0) is 16.0. The third-order valence-electron chi connectivity index (χ3n) is 4.25. The lowest BCUT2D eigenvalue weighted by Crippen LogP contribution is -2.66. The first-order valence-electron chi connectivity index (χ1n) is 6.87. The highest BCUT2D eigenvalue weighted by Crippen LogP contribution is 2.32. The van der Waals surface area contributed by atoms with Gasteiger partial charge in [-0.2, -0.15) is 13.2 Å². The summed E-state index contributed by atoms with van der Waals surface area (Å²) in [5, 5.41) is 10.1. The van der Waals surface area contributed by atoms with Crippen molar-refractivity contribution in [1.29, 1.82) is 0 Å². The quantitative estimate of drug-likeness (QED) is 0.832. The third kappa shape index (κ3) is 3.30. The molecule has 0 spiro atoms. The Balaban J connectivity index is 1.90. The van der Waals surface area contributed by atoms with Crippen molar-refractivity contribution in [3.63, 3.8) is 0 Å². The second kappa shape index (κ2) is 5.15. The van der Waals surface area contributed by atoms with Gasteiger partial charge in [-0.1, -0.05) is 13.8 Å². The van der Waals surface area contributed by atoms with Crippen LogP contribution >= 0.6 is 0 Å². The van der Waals surface area contributed by atoms with Crippen molar-refractivity contribution in [2.24, 2.45) is 11.8 Å². The van der Waals surface area contributed by atoms with Crippen molar-refractivity contribution in [3.8, 4) is 0 Å². The Morgan fingerprint density at radius 1 is 1.43 bits per heavy atom. The Labute approximate surface area is 120 Å². The summed E-state index contributed by atoms with van der Waals surface area (Å²) < 4.78 is 36.9. The fourth-order valence-corrected chi connectivity index (χ4v) is 2.70. The third-order valence-corrected chi connectivity index (χ3v) is 4.25. The molecule has 0 saturated carbocycles. The molecule has 5 nitrogen and oxygen atoms in total. The maximum absolute atomic E-state index is 12.3. The monoisotopic (exact) mass is 308 g/mol. The van der Waals surface area contributed by atoms with Crippen LogP contribution < -0.4 is 0 Å². The number of alkyl halides is 3. The van der Waals surface area contributed by atoms with Gasteiger partial charge in [0.15, 0.2) is 0 Å². The van der Waals surface area contributed by atoms with Crippen LogP contribution in [0.2, 0.25) is 0 Å². The van der Waals surface area contributed by atoms with Crippen LogP contribution in [0.5, 0.6) is 0 Å². The van der Waals surface area contributed by atoms with Gasteiger partial charge in [0.05, 0.1) is 19.0 Å². The number of carbonyl (C=O) groups is 2. The average molecular weight is 308 g/mol. The van der Waals surface area contributed by atoms with Gasteiger partial charge < -0.3 is 14.9 Å². The van der Waals surface area contributed by atoms with Crippen LogP contribution in [-0.2, 0) is 9.59 Å². The van der Waals surface area contributed by atoms with Crippen molar-refractivity contribution in [2.45, 2.75) is 32.0 Å². The summed E-state index contributed by atoms with van der Waals surface area (Å²) in [5.74, 6) is -1.74. The predicted molar refractivity (Wildman–Crippen MR) is 67.1 cm³/mol. The van der Waals surface area contributed by atoms with Gasteiger partial charge in [0.25, 0.3) is 0 Å². The number of aliphatic hydroxyl groups is 1. The molecule has 1 N–H and O–H groups in total. The van der Waals surface area contributed by atoms with E-state index in [1.54, 1.807) is 0 Å². The fraction of sp³-hybridized carbons (Fsp3) is 0.846. The molecule has 2 aliphatic rings. The van der Waals surface area contributed by atoms with Crippen molar-refractivity contribution < 1.29 is 27.9 Å². The SMILES string of the molecule is CC(C)C1(O)CN(C(=O)C2CC(=O)N(CC(F)(F)F)C2)C1. The van der Waals surface area contributed by atoms with Gasteiger partial charge >= 0.3 is 6.18 Å². The summed E-state index contributed by atoms with van der Waals surface area (Å²) in [6.07, 6.45) is -4.65. The van der Waals surface area contributed by atoms with Crippen LogP contribution in [0.4, 0.5) is 13.2 Å². The molecule has 0 aliphatic carbocycles. The van der Waals surface area contributed by atoms with E-state index in [1.807, 2.05) is 13.8 Å². The minimum Gasteiger partial charge on any atom is -0.386 e. The Morgan fingerprint density at radius 3 is 2.48 bits per heavy atom. The molecule has 2 fully saturated rings. The Morgan fingerprint density at radius 2 is 2.00 bits per heavy atom. The number of hydrogen-bond donors (Lipinski definition) is 1. The van der Waals surface area contributed by atoms with Crippen molar-refractivity contribution in [1.82, 2.24) is 9.80 Å². The number of carbonyl (C=O) groups excluding carboxylic acids is 2. The smallest absolute Gasteiger partial charge is 0.386 e. The number of nitrogens with zero attached hydrogens (tertiary/aromatic N) is 2. The van der Waals surface area contributed by atoms with Gasteiger partial charge in [-0.05, 0) is 5.92 Å². The van der Waals surface area contributed by atoms with Crippen molar-refractivity contribution >= 4 is 11.8 Å². The van der Waals surface area contributed by atoms with E-state index in [1.165, 1.54) is 4.90 Å². The normalized spacial score (nSPS) is 25.5. The topological polar surface area (TPSA) is 60.9 Å². The van der Waals surface area contributed by atoms with Crippen LogP contribution in [0.15, 0.2) is 0 Å². The van der Waals surface area contributed by atoms with Gasteiger partial charge in [0.1, 0.15) is 12.1 Å². The first kappa shape index (κ1) is 16.1. The summed E-state index contributed by atoms with van der Waals surface area (Å²) in [6, 6.07) is 0. The highest BCUT2D eigenvalue weighted by atomic mass is 19.4. The average Bonchev–Trinajstić information content (AvgIpc) is 2.63. The van der Waals surface area contributed by atoms with Crippen LogP contribution in [-0.4, -0.2) is 64.7 Å². The lowest BCUT2D eigenvalue weighted by atomic mass is 9.82. The summed E-state index contributed by atoms with van der Waals surface area (Å²) in [6.45, 7) is 2.51. The largest absolute Gasteiger partial charge is 0.406 e. The number of halogens is 3. The van der Waals surface area contributed by atoms with E-state index in [-0.39, 0.29) is 37.9 Å². The number of hydrogen-bond acceptors (Lipinski definition) is 3. The molecule has 2 saturated heterocycles. The van der Waals surface area contributed by atoms with E-state index in [0.29, 0.717) is 4.90 Å². The minimum absolute atomic E-state index is 0.00603. The summed E-state index contributed by atoms with van der Waals surface area (Å²) in [7, 11) is 0. The fourth-order valence-electron chi connectivity index (χ4n) is 2.70. The summed E-state index contributed by atoms with van der Waals surface area (Å²) in [4.78, 5) is 25.8. The number of rotatable bonds is 3. The molecule has 1 atom stereocenters. The molecule has 0 radical (unpaired) electrons. The Hall–Kier alpha value is -1.31. The number of likely N-dealkylation sites (tertiary alicyclic amines) is 2. The van der Waals surface area contributed by atoms with E-state index in [9.17, 15) is 27.9 Å². The Kier molecular flexibility index (Phi) is 3.94. The van der Waals surface area contributed by atoms with Crippen LogP contribution in [0.25, 0.3) is 0 Å². The molecule has 0 aromatic carbocycles. The molecule has 120 valence electrons. The van der Waals surface area contributed by atoms with Crippen molar-refractivity contribution in [2.75, 3.05) is 26.2 Å². The first-order valence-corrected chi connectivity index (χ1v) is 6.87. The molecular weight excluding hydrogens is 289 g/mol. The second-order valence-electron chi connectivity index (χ2n) is 6.24. The first-order chi connectivity index (χ1) is 9.52. The molecule has 0 aromatic heterocycles. The van der Waals surface area contributed by atoms with Gasteiger partial charge in [0, 0.05) is 13.0 Å². The number of amides is 2. The van der Waals surface area contributed by atoms with Gasteiger partial charge in [0.2, 0.25) is 11.8 Å². The molecule has 2 rings (SSSR count). The molecule has 1 unspecified atom stereocenters. The van der Waals surface area contributed by atoms with Crippen LogP contribution in [0, 0.1) is 11.8 Å². The van der Waals surface area contributed by atoms with E-state index < -0.39 is 30.1 Å². The van der Waals surface area contributed by atoms with Gasteiger partial charge in [-0.25, -0.2) is 0 Å². The van der Waals surface area contributed by atoms with Gasteiger partial charge in [-0.15, -0.1) is 0 Å². The highest BCUT2D eigenvalue weighted by Gasteiger charge is 2.49. The maximum Gasteiger partial charge on any atom is 0.406 e. The van der Waals surface area contributed by atoms with E-state index in [2.05, 4.69) is 0 Å². The molecule has 0 aromatic rings. The zero-order valence-corrected chi connectivity index (χ0v) is 12.0. The van der Waals surface area contributed by atoms with E-state index in [4.69, 9.17) is 0 Å². The second-order valence-corrected chi connectivity index (χ2v) is 6.24. The predicted octanol–water partition coefficient (Wildman–Crippen LogP) is 0.626. The van der Waals surface area contributed by atoms with Gasteiger partial charge in [-0.3, -0.25) is 9.59 Å². The molecule has 2 aliphatic heterocycles. The Bertz CT molecular complexity index is 444. The molecule has 2 heterocycles. The minimum atomic E-state index is -4.46. The lowest BCUT2D eigenvalue weighted by Gasteiger charge is -2.49. The number of β-amino-alcohol motifs (C(OH)–C–C–N with tert-alkyl or cyclic N) is 1. The zero-order valence-electron chi connectivity index (χ0n) is 12.0. The molecule has 8 heteroatoms. The van der Waals surface area contributed by atoms with Crippen LogP contribution in [0.1, 0.15) is 20.3 Å².